The molecule has 0 heterocycles. The number of hydrogen-bond acceptors (Lipinski definition) is 3. The summed E-state index contributed by atoms with van der Waals surface area (Å²) < 4.78 is 5.09. The molecule has 0 atom stereocenters. The van der Waals surface area contributed by atoms with Crippen molar-refractivity contribution in [1.82, 2.24) is 5.32 Å². The first-order valence-corrected chi connectivity index (χ1v) is 8.12. The zero-order valence-corrected chi connectivity index (χ0v) is 13.5. The molecule has 120 valence electrons. The Morgan fingerprint density at radius 3 is 2.64 bits per heavy atom. The number of aryl methyl sites for hydroxylation is 2. The van der Waals surface area contributed by atoms with Crippen LogP contribution in [0.2, 0.25) is 0 Å². The molecule has 0 aliphatic heterocycles. The zero-order valence-electron chi connectivity index (χ0n) is 13.5. The summed E-state index contributed by atoms with van der Waals surface area (Å²) in [5.41, 5.74) is 3.10. The lowest BCUT2D eigenvalue weighted by atomic mass is 9.90. The molecule has 0 saturated heterocycles. The minimum absolute atomic E-state index is 0.214. The molecule has 0 saturated carbocycles. The molecule has 1 aliphatic carbocycles. The maximum absolute atomic E-state index is 12.0. The van der Waals surface area contributed by atoms with Gasteiger partial charge >= 0.3 is 5.97 Å². The number of nitrogens with one attached hydrogen (secondary N) is 1. The van der Waals surface area contributed by atoms with Gasteiger partial charge in [0.2, 0.25) is 0 Å². The van der Waals surface area contributed by atoms with E-state index in [9.17, 15) is 9.59 Å². The Hall–Kier alpha value is -1.84. The van der Waals surface area contributed by atoms with E-state index in [1.807, 2.05) is 12.1 Å². The summed E-state index contributed by atoms with van der Waals surface area (Å²) in [5, 5.41) is 2.75. The molecule has 2 rings (SSSR count). The fourth-order valence-corrected chi connectivity index (χ4v) is 2.63. The van der Waals surface area contributed by atoms with E-state index in [1.54, 1.807) is 6.07 Å². The third kappa shape index (κ3) is 4.86. The van der Waals surface area contributed by atoms with Gasteiger partial charge in [-0.15, -0.1) is 0 Å². The van der Waals surface area contributed by atoms with Crippen molar-refractivity contribution in [2.45, 2.75) is 46.0 Å². The third-order valence-electron chi connectivity index (χ3n) is 3.96. The summed E-state index contributed by atoms with van der Waals surface area (Å²) in [6.07, 6.45) is 5.41. The summed E-state index contributed by atoms with van der Waals surface area (Å²) in [6, 6.07) is 5.71. The van der Waals surface area contributed by atoms with Crippen LogP contribution in [0.15, 0.2) is 18.2 Å². The smallest absolute Gasteiger partial charge is 0.338 e. The summed E-state index contributed by atoms with van der Waals surface area (Å²) in [5.74, 6) is -0.127. The number of esters is 1. The molecule has 1 amide bonds. The van der Waals surface area contributed by atoms with E-state index in [1.165, 1.54) is 24.0 Å². The summed E-state index contributed by atoms with van der Waals surface area (Å²) in [6.45, 7) is 4.60. The van der Waals surface area contributed by atoms with Crippen LogP contribution < -0.4 is 5.32 Å². The van der Waals surface area contributed by atoms with Crippen molar-refractivity contribution in [1.29, 1.82) is 0 Å². The van der Waals surface area contributed by atoms with Crippen LogP contribution in [-0.2, 0) is 22.4 Å². The first kappa shape index (κ1) is 16.5. The Morgan fingerprint density at radius 1 is 1.18 bits per heavy atom. The molecular formula is C18H25NO3. The topological polar surface area (TPSA) is 55.4 Å². The SMILES string of the molecule is CC(C)CCNC(=O)COC(=O)c1ccc2c(c1)CCCC2. The molecular weight excluding hydrogens is 278 g/mol. The quantitative estimate of drug-likeness (QED) is 0.822. The molecule has 1 aliphatic rings. The van der Waals surface area contributed by atoms with Gasteiger partial charge in [0.1, 0.15) is 0 Å². The van der Waals surface area contributed by atoms with Crippen LogP contribution in [0.1, 0.15) is 54.6 Å². The van der Waals surface area contributed by atoms with Gasteiger partial charge in [0.15, 0.2) is 6.61 Å². The number of fused-ring (bicyclic) bond motifs is 1. The standard InChI is InChI=1S/C18H25NO3/c1-13(2)9-10-19-17(20)12-22-18(21)16-8-7-14-5-3-4-6-15(14)11-16/h7-8,11,13H,3-6,9-10,12H2,1-2H3,(H,19,20). The van der Waals surface area contributed by atoms with Crippen LogP contribution in [0, 0.1) is 5.92 Å². The van der Waals surface area contributed by atoms with Crippen LogP contribution in [0.25, 0.3) is 0 Å². The second-order valence-corrected chi connectivity index (χ2v) is 6.30. The number of hydrogen-bond donors (Lipinski definition) is 1. The van der Waals surface area contributed by atoms with Crippen molar-refractivity contribution in [3.05, 3.63) is 34.9 Å². The molecule has 1 aromatic rings. The second-order valence-electron chi connectivity index (χ2n) is 6.30. The van der Waals surface area contributed by atoms with Crippen molar-refractivity contribution in [3.63, 3.8) is 0 Å². The zero-order chi connectivity index (χ0) is 15.9. The van der Waals surface area contributed by atoms with Gasteiger partial charge in [-0.25, -0.2) is 4.79 Å². The van der Waals surface area contributed by atoms with Crippen molar-refractivity contribution < 1.29 is 14.3 Å². The molecule has 0 unspecified atom stereocenters. The molecule has 0 spiro atoms. The molecule has 1 aromatic carbocycles. The van der Waals surface area contributed by atoms with Crippen LogP contribution in [0.4, 0.5) is 0 Å². The van der Waals surface area contributed by atoms with Gasteiger partial charge in [-0.3, -0.25) is 4.79 Å². The van der Waals surface area contributed by atoms with E-state index in [-0.39, 0.29) is 12.5 Å². The molecule has 1 N–H and O–H groups in total. The number of ether oxygens (including phenoxy) is 1. The maximum atomic E-state index is 12.0. The van der Waals surface area contributed by atoms with Crippen LogP contribution in [0.3, 0.4) is 0 Å². The Kier molecular flexibility index (Phi) is 5.99. The number of carbonyl (C=O) groups is 2. The molecule has 0 radical (unpaired) electrons. The Morgan fingerprint density at radius 2 is 1.91 bits per heavy atom. The van der Waals surface area contributed by atoms with E-state index in [0.29, 0.717) is 18.0 Å². The molecule has 0 fully saturated rings. The Bertz CT molecular complexity index is 537. The Labute approximate surface area is 132 Å². The van der Waals surface area contributed by atoms with Crippen LogP contribution in [0.5, 0.6) is 0 Å². The summed E-state index contributed by atoms with van der Waals surface area (Å²) in [4.78, 5) is 23.6. The average molecular weight is 303 g/mol. The second kappa shape index (κ2) is 7.97. The molecule has 0 aromatic heterocycles. The minimum atomic E-state index is -0.424. The van der Waals surface area contributed by atoms with E-state index in [2.05, 4.69) is 19.2 Å². The third-order valence-corrected chi connectivity index (χ3v) is 3.96. The van der Waals surface area contributed by atoms with Gasteiger partial charge < -0.3 is 10.1 Å². The van der Waals surface area contributed by atoms with Crippen molar-refractivity contribution >= 4 is 11.9 Å². The van der Waals surface area contributed by atoms with Crippen molar-refractivity contribution in [2.24, 2.45) is 5.92 Å². The minimum Gasteiger partial charge on any atom is -0.452 e. The lowest BCUT2D eigenvalue weighted by Crippen LogP contribution is -2.30. The summed E-state index contributed by atoms with van der Waals surface area (Å²) >= 11 is 0. The average Bonchev–Trinajstić information content (AvgIpc) is 2.51. The first-order chi connectivity index (χ1) is 10.6. The van der Waals surface area contributed by atoms with Gasteiger partial charge in [-0.2, -0.15) is 0 Å². The lowest BCUT2D eigenvalue weighted by molar-refractivity contribution is -0.124. The number of amides is 1. The highest BCUT2D eigenvalue weighted by Crippen LogP contribution is 2.22. The Balaban J connectivity index is 1.81. The fourth-order valence-electron chi connectivity index (χ4n) is 2.63. The van der Waals surface area contributed by atoms with E-state index in [4.69, 9.17) is 4.74 Å². The van der Waals surface area contributed by atoms with Crippen LogP contribution in [-0.4, -0.2) is 25.0 Å². The maximum Gasteiger partial charge on any atom is 0.338 e. The predicted octanol–water partition coefficient (Wildman–Crippen LogP) is 2.88. The highest BCUT2D eigenvalue weighted by Gasteiger charge is 2.14. The fraction of sp³-hybridized carbons (Fsp3) is 0.556. The first-order valence-electron chi connectivity index (χ1n) is 8.12. The molecule has 0 bridgehead atoms. The highest BCUT2D eigenvalue weighted by molar-refractivity contribution is 5.91. The number of rotatable bonds is 6. The molecule has 4 nitrogen and oxygen atoms in total. The van der Waals surface area contributed by atoms with Gasteiger partial charge in [0, 0.05) is 6.54 Å². The van der Waals surface area contributed by atoms with Gasteiger partial charge in [-0.1, -0.05) is 19.9 Å². The van der Waals surface area contributed by atoms with Crippen molar-refractivity contribution in [2.75, 3.05) is 13.2 Å². The largest absolute Gasteiger partial charge is 0.452 e. The highest BCUT2D eigenvalue weighted by atomic mass is 16.5. The molecule has 22 heavy (non-hydrogen) atoms. The lowest BCUT2D eigenvalue weighted by Gasteiger charge is -2.16. The molecule has 4 heteroatoms. The van der Waals surface area contributed by atoms with Gasteiger partial charge in [0.25, 0.3) is 5.91 Å². The van der Waals surface area contributed by atoms with Crippen LogP contribution >= 0.6 is 0 Å². The van der Waals surface area contributed by atoms with E-state index >= 15 is 0 Å². The van der Waals surface area contributed by atoms with E-state index in [0.717, 1.165) is 19.3 Å². The number of carbonyl (C=O) groups excluding carboxylic acids is 2. The number of benzene rings is 1. The monoisotopic (exact) mass is 303 g/mol. The van der Waals surface area contributed by atoms with Gasteiger partial charge in [-0.05, 0) is 61.3 Å². The van der Waals surface area contributed by atoms with Crippen molar-refractivity contribution in [3.8, 4) is 0 Å². The van der Waals surface area contributed by atoms with E-state index < -0.39 is 5.97 Å². The predicted molar refractivity (Wildman–Crippen MR) is 85.8 cm³/mol. The normalized spacial score (nSPS) is 13.6. The van der Waals surface area contributed by atoms with Gasteiger partial charge in [0.05, 0.1) is 5.56 Å². The summed E-state index contributed by atoms with van der Waals surface area (Å²) in [7, 11) is 0.